The van der Waals surface area contributed by atoms with Gasteiger partial charge in [0, 0.05) is 12.8 Å². The summed E-state index contributed by atoms with van der Waals surface area (Å²) in [6.07, 6.45) is -1.24. The Morgan fingerprint density at radius 1 is 1.38 bits per heavy atom. The SMILES string of the molecule is CC(F)(F)CCC(=O)N1C(=O)OCC1Cc1ccccc1. The van der Waals surface area contributed by atoms with Gasteiger partial charge in [-0.3, -0.25) is 4.79 Å². The Hall–Kier alpha value is -1.98. The van der Waals surface area contributed by atoms with Gasteiger partial charge in [-0.15, -0.1) is 0 Å². The number of imide groups is 1. The molecular weight excluding hydrogens is 280 g/mol. The summed E-state index contributed by atoms with van der Waals surface area (Å²) >= 11 is 0. The molecule has 1 aliphatic heterocycles. The van der Waals surface area contributed by atoms with E-state index >= 15 is 0 Å². The van der Waals surface area contributed by atoms with Crippen LogP contribution in [0.1, 0.15) is 25.3 Å². The fourth-order valence-electron chi connectivity index (χ4n) is 2.25. The zero-order valence-corrected chi connectivity index (χ0v) is 11.7. The third-order valence-corrected chi connectivity index (χ3v) is 3.32. The Kier molecular flexibility index (Phi) is 4.55. The third-order valence-electron chi connectivity index (χ3n) is 3.32. The number of amides is 2. The number of hydrogen-bond donors (Lipinski definition) is 0. The second-order valence-electron chi connectivity index (χ2n) is 5.25. The predicted octanol–water partition coefficient (Wildman–Crippen LogP) is 3.01. The third kappa shape index (κ3) is 4.24. The Morgan fingerprint density at radius 3 is 2.67 bits per heavy atom. The van der Waals surface area contributed by atoms with Crippen LogP contribution in [0.2, 0.25) is 0 Å². The van der Waals surface area contributed by atoms with Crippen LogP contribution in [0.5, 0.6) is 0 Å². The Bertz CT molecular complexity index is 513. The molecule has 0 saturated carbocycles. The molecule has 1 aromatic carbocycles. The maximum Gasteiger partial charge on any atom is 0.416 e. The fraction of sp³-hybridized carbons (Fsp3) is 0.467. The first kappa shape index (κ1) is 15.4. The van der Waals surface area contributed by atoms with Crippen molar-refractivity contribution in [1.82, 2.24) is 4.90 Å². The van der Waals surface area contributed by atoms with E-state index in [0.29, 0.717) is 6.42 Å². The maximum absolute atomic E-state index is 12.8. The standard InChI is InChI=1S/C15H17F2NO3/c1-15(16,17)8-7-13(19)18-12(10-21-14(18)20)9-11-5-3-2-4-6-11/h2-6,12H,7-10H2,1H3. The summed E-state index contributed by atoms with van der Waals surface area (Å²) < 4.78 is 30.5. The van der Waals surface area contributed by atoms with Crippen LogP contribution in [-0.2, 0) is 16.0 Å². The summed E-state index contributed by atoms with van der Waals surface area (Å²) in [6, 6.07) is 8.91. The van der Waals surface area contributed by atoms with E-state index in [1.165, 1.54) is 0 Å². The Morgan fingerprint density at radius 2 is 2.05 bits per heavy atom. The highest BCUT2D eigenvalue weighted by Gasteiger charge is 2.38. The summed E-state index contributed by atoms with van der Waals surface area (Å²) in [5.41, 5.74) is 0.958. The molecule has 2 amide bonds. The highest BCUT2D eigenvalue weighted by Crippen LogP contribution is 2.23. The van der Waals surface area contributed by atoms with E-state index in [9.17, 15) is 18.4 Å². The van der Waals surface area contributed by atoms with Gasteiger partial charge in [0.25, 0.3) is 0 Å². The normalized spacial score (nSPS) is 18.7. The molecule has 0 aliphatic carbocycles. The molecule has 1 atom stereocenters. The van der Waals surface area contributed by atoms with Crippen molar-refractivity contribution in [3.63, 3.8) is 0 Å². The number of benzene rings is 1. The summed E-state index contributed by atoms with van der Waals surface area (Å²) in [5.74, 6) is -3.53. The number of ether oxygens (including phenoxy) is 1. The molecule has 0 aromatic heterocycles. The van der Waals surface area contributed by atoms with Gasteiger partial charge in [0.1, 0.15) is 6.61 Å². The number of halogens is 2. The molecule has 0 N–H and O–H groups in total. The van der Waals surface area contributed by atoms with E-state index in [4.69, 9.17) is 4.74 Å². The van der Waals surface area contributed by atoms with Crippen LogP contribution in [0.4, 0.5) is 13.6 Å². The molecular formula is C15H17F2NO3. The second kappa shape index (κ2) is 6.20. The first-order valence-electron chi connectivity index (χ1n) is 6.77. The van der Waals surface area contributed by atoms with E-state index in [1.54, 1.807) is 0 Å². The molecule has 21 heavy (non-hydrogen) atoms. The van der Waals surface area contributed by atoms with Crippen molar-refractivity contribution in [1.29, 1.82) is 0 Å². The second-order valence-corrected chi connectivity index (χ2v) is 5.25. The molecule has 4 nitrogen and oxygen atoms in total. The first-order chi connectivity index (χ1) is 9.87. The van der Waals surface area contributed by atoms with Crippen LogP contribution < -0.4 is 0 Å². The van der Waals surface area contributed by atoms with Crippen LogP contribution in [0.15, 0.2) is 30.3 Å². The maximum atomic E-state index is 12.8. The highest BCUT2D eigenvalue weighted by molar-refractivity contribution is 5.93. The van der Waals surface area contributed by atoms with E-state index < -0.39 is 30.4 Å². The van der Waals surface area contributed by atoms with Gasteiger partial charge in [0.05, 0.1) is 6.04 Å². The Labute approximate surface area is 121 Å². The number of rotatable bonds is 5. The van der Waals surface area contributed by atoms with Crippen molar-refractivity contribution in [2.24, 2.45) is 0 Å². The topological polar surface area (TPSA) is 46.6 Å². The molecule has 1 fully saturated rings. The van der Waals surface area contributed by atoms with Crippen molar-refractivity contribution < 1.29 is 23.1 Å². The van der Waals surface area contributed by atoms with Crippen LogP contribution >= 0.6 is 0 Å². The average molecular weight is 297 g/mol. The summed E-state index contributed by atoms with van der Waals surface area (Å²) in [7, 11) is 0. The molecule has 0 bridgehead atoms. The molecule has 114 valence electrons. The predicted molar refractivity (Wildman–Crippen MR) is 72.0 cm³/mol. The van der Waals surface area contributed by atoms with Gasteiger partial charge >= 0.3 is 6.09 Å². The number of carbonyl (C=O) groups excluding carboxylic acids is 2. The molecule has 1 unspecified atom stereocenters. The van der Waals surface area contributed by atoms with Gasteiger partial charge < -0.3 is 4.74 Å². The van der Waals surface area contributed by atoms with Crippen LogP contribution in [0.3, 0.4) is 0 Å². The van der Waals surface area contributed by atoms with Gasteiger partial charge in [0.2, 0.25) is 11.8 Å². The summed E-state index contributed by atoms with van der Waals surface area (Å²) in [4.78, 5) is 24.6. The van der Waals surface area contributed by atoms with Crippen molar-refractivity contribution in [3.05, 3.63) is 35.9 Å². The lowest BCUT2D eigenvalue weighted by Crippen LogP contribution is -2.40. The van der Waals surface area contributed by atoms with Gasteiger partial charge in [0.15, 0.2) is 0 Å². The van der Waals surface area contributed by atoms with Gasteiger partial charge in [-0.25, -0.2) is 18.5 Å². The van der Waals surface area contributed by atoms with Crippen LogP contribution in [0, 0.1) is 0 Å². The van der Waals surface area contributed by atoms with Gasteiger partial charge in [-0.05, 0) is 18.9 Å². The summed E-state index contributed by atoms with van der Waals surface area (Å²) in [6.45, 7) is 0.853. The molecule has 1 aromatic rings. The highest BCUT2D eigenvalue weighted by atomic mass is 19.3. The zero-order chi connectivity index (χ0) is 15.5. The first-order valence-corrected chi connectivity index (χ1v) is 6.77. The average Bonchev–Trinajstić information content (AvgIpc) is 2.77. The number of nitrogens with zero attached hydrogens (tertiary/aromatic N) is 1. The van der Waals surface area contributed by atoms with E-state index in [-0.39, 0.29) is 13.0 Å². The van der Waals surface area contributed by atoms with Crippen LogP contribution in [-0.4, -0.2) is 35.5 Å². The number of carbonyl (C=O) groups is 2. The van der Waals surface area contributed by atoms with Crippen molar-refractivity contribution in [2.75, 3.05) is 6.61 Å². The Balaban J connectivity index is 2.01. The largest absolute Gasteiger partial charge is 0.447 e. The number of alkyl halides is 2. The lowest BCUT2D eigenvalue weighted by Gasteiger charge is -2.20. The van der Waals surface area contributed by atoms with Crippen molar-refractivity contribution >= 4 is 12.0 Å². The van der Waals surface area contributed by atoms with Crippen molar-refractivity contribution in [2.45, 2.75) is 38.2 Å². The van der Waals surface area contributed by atoms with E-state index in [1.807, 2.05) is 30.3 Å². The molecule has 1 saturated heterocycles. The van der Waals surface area contributed by atoms with E-state index in [0.717, 1.165) is 17.4 Å². The number of cyclic esters (lactones) is 1. The monoisotopic (exact) mass is 297 g/mol. The van der Waals surface area contributed by atoms with Crippen molar-refractivity contribution in [3.8, 4) is 0 Å². The van der Waals surface area contributed by atoms with Gasteiger partial charge in [-0.2, -0.15) is 0 Å². The lowest BCUT2D eigenvalue weighted by atomic mass is 10.1. The van der Waals surface area contributed by atoms with Gasteiger partial charge in [-0.1, -0.05) is 30.3 Å². The minimum atomic E-state index is -2.92. The molecule has 2 rings (SSSR count). The van der Waals surface area contributed by atoms with E-state index in [2.05, 4.69) is 0 Å². The molecule has 0 radical (unpaired) electrons. The lowest BCUT2D eigenvalue weighted by molar-refractivity contribution is -0.131. The molecule has 1 aliphatic rings. The molecule has 1 heterocycles. The molecule has 0 spiro atoms. The smallest absolute Gasteiger partial charge is 0.416 e. The minimum Gasteiger partial charge on any atom is -0.447 e. The minimum absolute atomic E-state index is 0.0992. The van der Waals surface area contributed by atoms with Crippen LogP contribution in [0.25, 0.3) is 0 Å². The molecule has 6 heteroatoms. The fourth-order valence-corrected chi connectivity index (χ4v) is 2.25. The zero-order valence-electron chi connectivity index (χ0n) is 11.7. The number of hydrogen-bond acceptors (Lipinski definition) is 3. The summed E-state index contributed by atoms with van der Waals surface area (Å²) in [5, 5.41) is 0. The quantitative estimate of drug-likeness (QED) is 0.839.